The van der Waals surface area contributed by atoms with E-state index in [1.807, 2.05) is 25.6 Å². The van der Waals surface area contributed by atoms with Gasteiger partial charge in [-0.25, -0.2) is 0 Å². The van der Waals surface area contributed by atoms with Gasteiger partial charge in [-0.3, -0.25) is 9.69 Å². The van der Waals surface area contributed by atoms with Crippen LogP contribution in [0.3, 0.4) is 0 Å². The summed E-state index contributed by atoms with van der Waals surface area (Å²) in [5, 5.41) is 3.44. The summed E-state index contributed by atoms with van der Waals surface area (Å²) in [7, 11) is 1.55. The minimum absolute atomic E-state index is 0.195. The molecule has 0 spiro atoms. The topological polar surface area (TPSA) is 50.8 Å². The van der Waals surface area contributed by atoms with Crippen LogP contribution in [0.25, 0.3) is 6.08 Å². The molecule has 1 aliphatic rings. The molecule has 1 amide bonds. The third-order valence-corrected chi connectivity index (χ3v) is 6.26. The number of aryl methyl sites for hydroxylation is 1. The van der Waals surface area contributed by atoms with Crippen molar-refractivity contribution in [1.29, 1.82) is 0 Å². The number of anilines is 1. The van der Waals surface area contributed by atoms with Crippen molar-refractivity contribution in [3.63, 3.8) is 0 Å². The van der Waals surface area contributed by atoms with Crippen molar-refractivity contribution in [2.45, 2.75) is 20.4 Å². The van der Waals surface area contributed by atoms with Gasteiger partial charge in [-0.05, 0) is 54.8 Å². The van der Waals surface area contributed by atoms with Gasteiger partial charge in [-0.2, -0.15) is 11.8 Å². The predicted molar refractivity (Wildman–Crippen MR) is 131 cm³/mol. The average molecular weight is 461 g/mol. The lowest BCUT2D eigenvalue weighted by Crippen LogP contribution is -2.31. The van der Waals surface area contributed by atoms with Crippen LogP contribution in [-0.2, 0) is 11.3 Å². The molecule has 7 heteroatoms. The van der Waals surface area contributed by atoms with Crippen molar-refractivity contribution in [2.24, 2.45) is 0 Å². The van der Waals surface area contributed by atoms with Crippen LogP contribution >= 0.6 is 23.4 Å². The molecule has 2 aromatic carbocycles. The van der Waals surface area contributed by atoms with Crippen LogP contribution in [0.1, 0.15) is 23.6 Å². The Balaban J connectivity index is 1.68. The number of amides is 1. The fraction of sp³-hybridized carbons (Fsp3) is 0.375. The maximum Gasteiger partial charge on any atom is 0.248 e. The van der Waals surface area contributed by atoms with Crippen molar-refractivity contribution in [3.8, 4) is 11.5 Å². The van der Waals surface area contributed by atoms with E-state index < -0.39 is 0 Å². The smallest absolute Gasteiger partial charge is 0.248 e. The van der Waals surface area contributed by atoms with E-state index in [9.17, 15) is 4.79 Å². The first-order valence-electron chi connectivity index (χ1n) is 10.4. The zero-order valence-corrected chi connectivity index (χ0v) is 19.8. The number of halogens is 1. The number of carbonyl (C=O) groups excluding carboxylic acids is 1. The molecule has 2 aromatic rings. The van der Waals surface area contributed by atoms with E-state index in [2.05, 4.69) is 28.4 Å². The van der Waals surface area contributed by atoms with Gasteiger partial charge < -0.3 is 14.8 Å². The molecule has 0 atom stereocenters. The molecule has 0 aromatic heterocycles. The molecular weight excluding hydrogens is 432 g/mol. The first kappa shape index (κ1) is 23.5. The van der Waals surface area contributed by atoms with Crippen molar-refractivity contribution in [3.05, 3.63) is 58.1 Å². The van der Waals surface area contributed by atoms with Gasteiger partial charge in [-0.1, -0.05) is 23.7 Å². The Morgan fingerprint density at radius 1 is 1.26 bits per heavy atom. The Labute approximate surface area is 193 Å². The average Bonchev–Trinajstić information content (AvgIpc) is 2.75. The fourth-order valence-electron chi connectivity index (χ4n) is 3.41. The second-order valence-electron chi connectivity index (χ2n) is 7.33. The molecule has 166 valence electrons. The fourth-order valence-corrected chi connectivity index (χ4v) is 4.69. The number of hydrogen-bond donors (Lipinski definition) is 1. The second-order valence-corrected chi connectivity index (χ2v) is 8.96. The Hall–Kier alpha value is -2.15. The molecule has 0 saturated carbocycles. The summed E-state index contributed by atoms with van der Waals surface area (Å²) in [5.74, 6) is 3.21. The minimum atomic E-state index is -0.195. The SMILES string of the molecule is CCOc1cc(C=CC(=O)Nc2cc(CN3CCSCC3)ccc2C)cc(Cl)c1OC. The number of thioether (sulfide) groups is 1. The summed E-state index contributed by atoms with van der Waals surface area (Å²) < 4.78 is 10.9. The summed E-state index contributed by atoms with van der Waals surface area (Å²) >= 11 is 8.29. The van der Waals surface area contributed by atoms with Crippen LogP contribution in [0.15, 0.2) is 36.4 Å². The van der Waals surface area contributed by atoms with Gasteiger partial charge in [0, 0.05) is 42.9 Å². The van der Waals surface area contributed by atoms with Crippen LogP contribution in [0.5, 0.6) is 11.5 Å². The number of benzene rings is 2. The highest BCUT2D eigenvalue weighted by Crippen LogP contribution is 2.36. The first-order chi connectivity index (χ1) is 15.0. The molecule has 0 aliphatic carbocycles. The van der Waals surface area contributed by atoms with E-state index in [0.29, 0.717) is 23.1 Å². The quantitative estimate of drug-likeness (QED) is 0.545. The molecule has 5 nitrogen and oxygen atoms in total. The Bertz CT molecular complexity index is 943. The molecule has 1 saturated heterocycles. The molecule has 3 rings (SSSR count). The first-order valence-corrected chi connectivity index (χ1v) is 11.9. The monoisotopic (exact) mass is 460 g/mol. The Morgan fingerprint density at radius 3 is 2.74 bits per heavy atom. The van der Waals surface area contributed by atoms with Crippen molar-refractivity contribution in [1.82, 2.24) is 4.90 Å². The number of carbonyl (C=O) groups is 1. The number of methoxy groups -OCH3 is 1. The zero-order chi connectivity index (χ0) is 22.2. The standard InChI is InChI=1S/C24H29ClN2O3S/c1-4-30-22-15-18(13-20(25)24(22)29-3)7-8-23(28)26-21-14-19(6-5-17(21)2)16-27-9-11-31-12-10-27/h5-8,13-15H,4,9-12,16H2,1-3H3,(H,26,28). The number of rotatable bonds is 8. The number of ether oxygens (including phenoxy) is 2. The zero-order valence-electron chi connectivity index (χ0n) is 18.2. The van der Waals surface area contributed by atoms with Gasteiger partial charge >= 0.3 is 0 Å². The lowest BCUT2D eigenvalue weighted by Gasteiger charge is -2.26. The molecule has 1 aliphatic heterocycles. The Kier molecular flexibility index (Phi) is 8.69. The van der Waals surface area contributed by atoms with Crippen LogP contribution in [-0.4, -0.2) is 49.1 Å². The lowest BCUT2D eigenvalue weighted by atomic mass is 10.1. The maximum atomic E-state index is 12.6. The minimum Gasteiger partial charge on any atom is -0.491 e. The molecule has 1 N–H and O–H groups in total. The molecule has 1 heterocycles. The molecule has 0 bridgehead atoms. The second kappa shape index (κ2) is 11.5. The van der Waals surface area contributed by atoms with E-state index in [-0.39, 0.29) is 5.91 Å². The normalized spacial score (nSPS) is 14.6. The maximum absolute atomic E-state index is 12.6. The van der Waals surface area contributed by atoms with Gasteiger partial charge in [0.15, 0.2) is 11.5 Å². The molecule has 0 radical (unpaired) electrons. The van der Waals surface area contributed by atoms with Crippen molar-refractivity contribution >= 4 is 41.0 Å². The van der Waals surface area contributed by atoms with Gasteiger partial charge in [-0.15, -0.1) is 0 Å². The van der Waals surface area contributed by atoms with Crippen LogP contribution < -0.4 is 14.8 Å². The molecule has 0 unspecified atom stereocenters. The molecule has 1 fully saturated rings. The number of nitrogens with one attached hydrogen (secondary N) is 1. The summed E-state index contributed by atoms with van der Waals surface area (Å²) in [6.07, 6.45) is 3.22. The van der Waals surface area contributed by atoms with E-state index in [1.54, 1.807) is 25.3 Å². The van der Waals surface area contributed by atoms with Crippen molar-refractivity contribution < 1.29 is 14.3 Å². The summed E-state index contributed by atoms with van der Waals surface area (Å²) in [6, 6.07) is 9.82. The number of hydrogen-bond acceptors (Lipinski definition) is 5. The Morgan fingerprint density at radius 2 is 2.03 bits per heavy atom. The van der Waals surface area contributed by atoms with Crippen LogP contribution in [0.2, 0.25) is 5.02 Å². The van der Waals surface area contributed by atoms with Gasteiger partial charge in [0.25, 0.3) is 0 Å². The highest BCUT2D eigenvalue weighted by molar-refractivity contribution is 7.99. The van der Waals surface area contributed by atoms with Crippen molar-refractivity contribution in [2.75, 3.05) is 43.6 Å². The van der Waals surface area contributed by atoms with Crippen LogP contribution in [0, 0.1) is 6.92 Å². The third kappa shape index (κ3) is 6.66. The van der Waals surface area contributed by atoms with E-state index in [4.69, 9.17) is 21.1 Å². The molecular formula is C24H29ClN2O3S. The van der Waals surface area contributed by atoms with Gasteiger partial charge in [0.1, 0.15) is 0 Å². The van der Waals surface area contributed by atoms with E-state index >= 15 is 0 Å². The number of nitrogens with zero attached hydrogens (tertiary/aromatic N) is 1. The summed E-state index contributed by atoms with van der Waals surface area (Å²) in [5.41, 5.74) is 3.84. The predicted octanol–water partition coefficient (Wildman–Crippen LogP) is 5.26. The summed E-state index contributed by atoms with van der Waals surface area (Å²) in [4.78, 5) is 15.0. The molecule has 31 heavy (non-hydrogen) atoms. The lowest BCUT2D eigenvalue weighted by molar-refractivity contribution is -0.111. The highest BCUT2D eigenvalue weighted by Gasteiger charge is 2.13. The summed E-state index contributed by atoms with van der Waals surface area (Å²) in [6.45, 7) is 7.51. The highest BCUT2D eigenvalue weighted by atomic mass is 35.5. The van der Waals surface area contributed by atoms with Gasteiger partial charge in [0.2, 0.25) is 5.91 Å². The van der Waals surface area contributed by atoms with E-state index in [0.717, 1.165) is 36.4 Å². The largest absolute Gasteiger partial charge is 0.491 e. The van der Waals surface area contributed by atoms with Crippen LogP contribution in [0.4, 0.5) is 5.69 Å². The third-order valence-electron chi connectivity index (χ3n) is 5.03. The van der Waals surface area contributed by atoms with E-state index in [1.165, 1.54) is 23.1 Å². The van der Waals surface area contributed by atoms with Gasteiger partial charge in [0.05, 0.1) is 18.7 Å².